The van der Waals surface area contributed by atoms with Crippen molar-refractivity contribution in [2.24, 2.45) is 7.05 Å². The highest BCUT2D eigenvalue weighted by Gasteiger charge is 2.15. The molecule has 0 unspecified atom stereocenters. The summed E-state index contributed by atoms with van der Waals surface area (Å²) in [5, 5.41) is 6.63. The zero-order chi connectivity index (χ0) is 16.2. The van der Waals surface area contributed by atoms with E-state index in [0.29, 0.717) is 5.82 Å². The van der Waals surface area contributed by atoms with Crippen LogP contribution in [0.2, 0.25) is 0 Å². The Morgan fingerprint density at radius 3 is 2.82 bits per heavy atom. The molecule has 0 bridgehead atoms. The van der Waals surface area contributed by atoms with Crippen LogP contribution in [-0.2, 0) is 17.1 Å². The molecule has 22 heavy (non-hydrogen) atoms. The fourth-order valence-corrected chi connectivity index (χ4v) is 2.77. The third-order valence-corrected chi connectivity index (χ3v) is 4.20. The molecular weight excluding hydrogens is 304 g/mol. The molecule has 2 aromatic rings. The van der Waals surface area contributed by atoms with Crippen LogP contribution in [0.5, 0.6) is 0 Å². The molecule has 1 aromatic carbocycles. The average Bonchev–Trinajstić information content (AvgIpc) is 2.90. The van der Waals surface area contributed by atoms with Crippen molar-refractivity contribution in [1.29, 1.82) is 0 Å². The van der Waals surface area contributed by atoms with Crippen LogP contribution in [0.25, 0.3) is 0 Å². The third-order valence-electron chi connectivity index (χ3n) is 2.78. The lowest BCUT2D eigenvalue weighted by Gasteiger charge is -2.07. The van der Waals surface area contributed by atoms with Crippen LogP contribution >= 0.6 is 0 Å². The first-order valence-corrected chi connectivity index (χ1v) is 7.92. The number of sulfonamides is 1. The highest BCUT2D eigenvalue weighted by molar-refractivity contribution is 7.89. The number of carbonyl (C=O) groups excluding carboxylic acids is 1. The molecule has 0 aliphatic carbocycles. The van der Waals surface area contributed by atoms with Crippen molar-refractivity contribution >= 4 is 21.7 Å². The molecule has 2 N–H and O–H groups in total. The van der Waals surface area contributed by atoms with E-state index in [2.05, 4.69) is 21.7 Å². The Hall–Kier alpha value is -2.45. The van der Waals surface area contributed by atoms with Crippen LogP contribution in [0.15, 0.2) is 54.1 Å². The Bertz CT molecular complexity index is 796. The first-order chi connectivity index (χ1) is 10.4. The van der Waals surface area contributed by atoms with Gasteiger partial charge >= 0.3 is 0 Å². The van der Waals surface area contributed by atoms with E-state index in [1.807, 2.05) is 0 Å². The maximum atomic E-state index is 12.1. The number of benzene rings is 1. The number of amides is 1. The molecule has 8 heteroatoms. The summed E-state index contributed by atoms with van der Waals surface area (Å²) in [6.07, 6.45) is 3.13. The number of rotatable bonds is 6. The van der Waals surface area contributed by atoms with Gasteiger partial charge in [-0.25, -0.2) is 13.1 Å². The molecule has 0 aliphatic rings. The van der Waals surface area contributed by atoms with Gasteiger partial charge < -0.3 is 5.32 Å². The molecule has 1 aromatic heterocycles. The van der Waals surface area contributed by atoms with Crippen molar-refractivity contribution in [3.63, 3.8) is 0 Å². The normalized spacial score (nSPS) is 11.1. The second-order valence-corrected chi connectivity index (χ2v) is 6.26. The van der Waals surface area contributed by atoms with E-state index in [1.54, 1.807) is 24.0 Å². The fraction of sp³-hybridized carbons (Fsp3) is 0.143. The third kappa shape index (κ3) is 3.80. The van der Waals surface area contributed by atoms with Crippen molar-refractivity contribution < 1.29 is 13.2 Å². The summed E-state index contributed by atoms with van der Waals surface area (Å²) in [7, 11) is -1.94. The molecule has 0 fully saturated rings. The van der Waals surface area contributed by atoms with E-state index in [-0.39, 0.29) is 17.0 Å². The van der Waals surface area contributed by atoms with Gasteiger partial charge in [-0.05, 0) is 18.2 Å². The summed E-state index contributed by atoms with van der Waals surface area (Å²) in [6, 6.07) is 7.41. The summed E-state index contributed by atoms with van der Waals surface area (Å²) < 4.78 is 27.9. The molecule has 0 aliphatic heterocycles. The molecule has 0 saturated heterocycles. The van der Waals surface area contributed by atoms with Gasteiger partial charge in [0, 0.05) is 31.4 Å². The number of nitrogens with zero attached hydrogens (tertiary/aromatic N) is 2. The second-order valence-electron chi connectivity index (χ2n) is 4.50. The van der Waals surface area contributed by atoms with E-state index in [1.165, 1.54) is 30.3 Å². The number of aryl methyl sites for hydroxylation is 1. The first kappa shape index (κ1) is 15.9. The molecule has 2 rings (SSSR count). The Morgan fingerprint density at radius 2 is 2.18 bits per heavy atom. The molecule has 7 nitrogen and oxygen atoms in total. The van der Waals surface area contributed by atoms with E-state index in [4.69, 9.17) is 0 Å². The van der Waals surface area contributed by atoms with Crippen LogP contribution in [-0.4, -0.2) is 30.7 Å². The highest BCUT2D eigenvalue weighted by atomic mass is 32.2. The predicted molar refractivity (Wildman–Crippen MR) is 83.0 cm³/mol. The minimum atomic E-state index is -3.67. The largest absolute Gasteiger partial charge is 0.305 e. The Balaban J connectivity index is 2.20. The minimum absolute atomic E-state index is 0.0167. The lowest BCUT2D eigenvalue weighted by molar-refractivity contribution is 0.102. The molecule has 1 amide bonds. The van der Waals surface area contributed by atoms with Gasteiger partial charge in [0.1, 0.15) is 0 Å². The van der Waals surface area contributed by atoms with E-state index in [0.717, 1.165) is 0 Å². The lowest BCUT2D eigenvalue weighted by Crippen LogP contribution is -2.24. The molecule has 0 saturated carbocycles. The average molecular weight is 320 g/mol. The Labute approximate surface area is 128 Å². The van der Waals surface area contributed by atoms with E-state index in [9.17, 15) is 13.2 Å². The fourth-order valence-electron chi connectivity index (χ4n) is 1.73. The van der Waals surface area contributed by atoms with E-state index < -0.39 is 15.9 Å². The van der Waals surface area contributed by atoms with Gasteiger partial charge in [-0.2, -0.15) is 5.10 Å². The predicted octanol–water partition coefficient (Wildman–Crippen LogP) is 1.14. The van der Waals surface area contributed by atoms with Gasteiger partial charge in [-0.1, -0.05) is 12.1 Å². The van der Waals surface area contributed by atoms with E-state index >= 15 is 0 Å². The van der Waals surface area contributed by atoms with Gasteiger partial charge in [-0.15, -0.1) is 6.58 Å². The molecule has 0 spiro atoms. The number of aromatic nitrogens is 2. The van der Waals surface area contributed by atoms with Crippen LogP contribution in [0, 0.1) is 0 Å². The summed E-state index contributed by atoms with van der Waals surface area (Å²) >= 11 is 0. The van der Waals surface area contributed by atoms with Crippen molar-refractivity contribution in [3.8, 4) is 0 Å². The summed E-state index contributed by atoms with van der Waals surface area (Å²) in [4.78, 5) is 12.1. The van der Waals surface area contributed by atoms with Crippen LogP contribution in [0.4, 0.5) is 5.82 Å². The summed E-state index contributed by atoms with van der Waals surface area (Å²) in [5.74, 6) is -0.0370. The standard InChI is InChI=1S/C14H16N4O3S/c1-3-8-15-22(20,21)12-6-4-5-11(10-12)14(19)16-13-7-9-18(2)17-13/h3-7,9-10,15H,1,8H2,2H3,(H,16,17,19). The zero-order valence-electron chi connectivity index (χ0n) is 12.0. The SMILES string of the molecule is C=CCNS(=O)(=O)c1cccc(C(=O)Nc2ccn(C)n2)c1. The Kier molecular flexibility index (Phi) is 4.74. The molecule has 1 heterocycles. The lowest BCUT2D eigenvalue weighted by atomic mass is 10.2. The summed E-state index contributed by atoms with van der Waals surface area (Å²) in [5.41, 5.74) is 0.229. The van der Waals surface area contributed by atoms with Gasteiger partial charge in [0.2, 0.25) is 10.0 Å². The van der Waals surface area contributed by atoms with Gasteiger partial charge in [-0.3, -0.25) is 9.48 Å². The quantitative estimate of drug-likeness (QED) is 0.781. The van der Waals surface area contributed by atoms with Gasteiger partial charge in [0.15, 0.2) is 5.82 Å². The van der Waals surface area contributed by atoms with Crippen molar-refractivity contribution in [1.82, 2.24) is 14.5 Å². The maximum Gasteiger partial charge on any atom is 0.256 e. The number of carbonyl (C=O) groups is 1. The summed E-state index contributed by atoms with van der Waals surface area (Å²) in [6.45, 7) is 3.57. The number of nitrogens with one attached hydrogen (secondary N) is 2. The zero-order valence-corrected chi connectivity index (χ0v) is 12.8. The molecule has 0 radical (unpaired) electrons. The van der Waals surface area contributed by atoms with Crippen LogP contribution in [0.1, 0.15) is 10.4 Å². The Morgan fingerprint density at radius 1 is 1.41 bits per heavy atom. The maximum absolute atomic E-state index is 12.1. The molecule has 116 valence electrons. The van der Waals surface area contributed by atoms with Crippen LogP contribution < -0.4 is 10.0 Å². The topological polar surface area (TPSA) is 93.1 Å². The minimum Gasteiger partial charge on any atom is -0.305 e. The smallest absolute Gasteiger partial charge is 0.256 e. The highest BCUT2D eigenvalue weighted by Crippen LogP contribution is 2.13. The van der Waals surface area contributed by atoms with Crippen molar-refractivity contribution in [2.75, 3.05) is 11.9 Å². The van der Waals surface area contributed by atoms with Crippen molar-refractivity contribution in [3.05, 3.63) is 54.7 Å². The number of hydrogen-bond donors (Lipinski definition) is 2. The van der Waals surface area contributed by atoms with Gasteiger partial charge in [0.05, 0.1) is 4.90 Å². The number of anilines is 1. The monoisotopic (exact) mass is 320 g/mol. The first-order valence-electron chi connectivity index (χ1n) is 6.44. The van der Waals surface area contributed by atoms with Crippen molar-refractivity contribution in [2.45, 2.75) is 4.90 Å². The number of hydrogen-bond acceptors (Lipinski definition) is 4. The van der Waals surface area contributed by atoms with Gasteiger partial charge in [0.25, 0.3) is 5.91 Å². The molecule has 0 atom stereocenters. The second kappa shape index (κ2) is 6.54. The molecular formula is C14H16N4O3S. The van der Waals surface area contributed by atoms with Crippen LogP contribution in [0.3, 0.4) is 0 Å².